The van der Waals surface area contributed by atoms with Gasteiger partial charge in [-0.3, -0.25) is 8.98 Å². The van der Waals surface area contributed by atoms with Crippen molar-refractivity contribution in [2.24, 2.45) is 0 Å². The minimum atomic E-state index is -3.07. The molecule has 0 N–H and O–H groups in total. The number of halogens is 2. The van der Waals surface area contributed by atoms with Crippen LogP contribution >= 0.6 is 0 Å². The Hall–Kier alpha value is -0.130. The third kappa shape index (κ3) is 11.4. The van der Waals surface area contributed by atoms with Crippen LogP contribution in [0.25, 0.3) is 0 Å². The third-order valence-corrected chi connectivity index (χ3v) is 1.86. The smallest absolute Gasteiger partial charge is 0.750 e. The Morgan fingerprint density at radius 2 is 1.68 bits per heavy atom. The number of hydrogen-bond donors (Lipinski definition) is 0. The largest absolute Gasteiger partial charge is 1.00 e. The molecule has 0 bridgehead atoms. The maximum absolute atomic E-state index is 11.7. The van der Waals surface area contributed by atoms with Crippen molar-refractivity contribution in [2.75, 3.05) is 26.6 Å². The molecule has 0 radical (unpaired) electrons. The fourth-order valence-electron chi connectivity index (χ4n) is 0.846. The number of carbonyl (C=O) groups is 2. The molecular weight excluding hydrogens is 301 g/mol. The summed E-state index contributed by atoms with van der Waals surface area (Å²) in [5, 5.41) is 0. The summed E-state index contributed by atoms with van der Waals surface area (Å²) in [7, 11) is 0. The second-order valence-corrected chi connectivity index (χ2v) is 3.36. The van der Waals surface area contributed by atoms with Gasteiger partial charge in [0, 0.05) is 0 Å². The summed E-state index contributed by atoms with van der Waals surface area (Å²) in [5.41, 5.74) is 0. The van der Waals surface area contributed by atoms with Crippen LogP contribution in [0.1, 0.15) is 6.42 Å². The van der Waals surface area contributed by atoms with Gasteiger partial charge in [0.2, 0.25) is 0 Å². The molecule has 0 aromatic rings. The molecule has 0 aliphatic rings. The fourth-order valence-corrected chi connectivity index (χ4v) is 1.18. The zero-order chi connectivity index (χ0) is 14.0. The first-order chi connectivity index (χ1) is 8.51. The molecule has 19 heavy (non-hydrogen) atoms. The third-order valence-electron chi connectivity index (χ3n) is 1.47. The van der Waals surface area contributed by atoms with Gasteiger partial charge in [0.05, 0.1) is 17.8 Å². The summed E-state index contributed by atoms with van der Waals surface area (Å²) in [5.74, 6) is -2.27. The topological polar surface area (TPSA) is 102 Å². The van der Waals surface area contributed by atoms with E-state index in [1.54, 1.807) is 0 Å². The zero-order valence-corrected chi connectivity index (χ0v) is 13.0. The fraction of sp³-hybridized carbons (Fsp3) is 0.750. The molecule has 0 rings (SSSR count). The van der Waals surface area contributed by atoms with Crippen LogP contribution in [0.5, 0.6) is 0 Å². The molecule has 11 heteroatoms. The van der Waals surface area contributed by atoms with Crippen LogP contribution in [0.2, 0.25) is 0 Å². The average molecular weight is 312 g/mol. The molecule has 0 aromatic heterocycles. The van der Waals surface area contributed by atoms with E-state index in [1.807, 2.05) is 0 Å². The summed E-state index contributed by atoms with van der Waals surface area (Å²) in [6.07, 6.45) is -2.55. The normalized spacial score (nSPS) is 13.0. The summed E-state index contributed by atoms with van der Waals surface area (Å²) in [6.45, 7) is -3.00. The molecule has 0 aliphatic heterocycles. The molecule has 0 aliphatic carbocycles. The van der Waals surface area contributed by atoms with Crippen molar-refractivity contribution in [1.82, 2.24) is 0 Å². The van der Waals surface area contributed by atoms with Gasteiger partial charge < -0.3 is 14.0 Å². The van der Waals surface area contributed by atoms with E-state index < -0.39 is 62.4 Å². The Morgan fingerprint density at radius 3 is 2.16 bits per heavy atom. The summed E-state index contributed by atoms with van der Waals surface area (Å²) in [6, 6.07) is 0. The minimum absolute atomic E-state index is 0. The van der Waals surface area contributed by atoms with Gasteiger partial charge in [0.25, 0.3) is 0 Å². The van der Waals surface area contributed by atoms with Crippen molar-refractivity contribution in [2.45, 2.75) is 12.5 Å². The maximum atomic E-state index is 11.7. The number of alkyl halides is 2. The van der Waals surface area contributed by atoms with Gasteiger partial charge >= 0.3 is 41.5 Å². The van der Waals surface area contributed by atoms with Crippen LogP contribution in [-0.4, -0.2) is 53.4 Å². The van der Waals surface area contributed by atoms with Gasteiger partial charge in [-0.25, -0.2) is 17.8 Å². The van der Waals surface area contributed by atoms with Gasteiger partial charge in [-0.2, -0.15) is 0 Å². The molecule has 7 nitrogen and oxygen atoms in total. The van der Waals surface area contributed by atoms with Gasteiger partial charge in [0.15, 0.2) is 6.10 Å². The molecule has 0 saturated heterocycles. The predicted molar refractivity (Wildman–Crippen MR) is 52.3 cm³/mol. The first-order valence-electron chi connectivity index (χ1n) is 4.71. The predicted octanol–water partition coefficient (Wildman–Crippen LogP) is -3.41. The van der Waals surface area contributed by atoms with Crippen LogP contribution < -0.4 is 29.6 Å². The van der Waals surface area contributed by atoms with Crippen molar-refractivity contribution >= 4 is 23.3 Å². The van der Waals surface area contributed by atoms with Gasteiger partial charge in [-0.05, 0) is 0 Å². The van der Waals surface area contributed by atoms with E-state index >= 15 is 0 Å². The van der Waals surface area contributed by atoms with Crippen molar-refractivity contribution < 1.29 is 70.3 Å². The first kappa shape index (κ1) is 21.2. The van der Waals surface area contributed by atoms with Gasteiger partial charge in [0.1, 0.15) is 26.6 Å². The molecule has 2 unspecified atom stereocenters. The second kappa shape index (κ2) is 12.9. The molecular formula is C8H11F2NaO7S. The zero-order valence-electron chi connectivity index (χ0n) is 10.1. The van der Waals surface area contributed by atoms with Crippen LogP contribution in [0.4, 0.5) is 8.78 Å². The van der Waals surface area contributed by atoms with Crippen LogP contribution in [0.3, 0.4) is 0 Å². The molecule has 0 amide bonds. The molecule has 0 fully saturated rings. The summed E-state index contributed by atoms with van der Waals surface area (Å²) < 4.78 is 56.6. The maximum Gasteiger partial charge on any atom is 1.00 e. The van der Waals surface area contributed by atoms with Crippen LogP contribution in [0, 0.1) is 0 Å². The van der Waals surface area contributed by atoms with Crippen LogP contribution in [-0.2, 0) is 34.6 Å². The van der Waals surface area contributed by atoms with E-state index in [0.29, 0.717) is 0 Å². The Bertz CT molecular complexity index is 305. The Kier molecular flexibility index (Phi) is 14.4. The minimum Gasteiger partial charge on any atom is -0.750 e. The Morgan fingerprint density at radius 1 is 1.16 bits per heavy atom. The van der Waals surface area contributed by atoms with Crippen LogP contribution in [0.15, 0.2) is 0 Å². The summed E-state index contributed by atoms with van der Waals surface area (Å²) in [4.78, 5) is 22.2. The molecule has 2 atom stereocenters. The van der Waals surface area contributed by atoms with E-state index in [2.05, 4.69) is 13.7 Å². The molecule has 0 spiro atoms. The quantitative estimate of drug-likeness (QED) is 0.248. The van der Waals surface area contributed by atoms with Gasteiger partial charge in [-0.15, -0.1) is 0 Å². The number of carbonyl (C=O) groups excluding carboxylic acids is 2. The van der Waals surface area contributed by atoms with E-state index in [4.69, 9.17) is 0 Å². The monoisotopic (exact) mass is 312 g/mol. The van der Waals surface area contributed by atoms with E-state index in [-0.39, 0.29) is 29.6 Å². The number of esters is 2. The molecule has 0 heterocycles. The molecule has 0 aromatic carbocycles. The van der Waals surface area contributed by atoms with Crippen molar-refractivity contribution in [3.8, 4) is 0 Å². The average Bonchev–Trinajstić information content (AvgIpc) is 2.32. The van der Waals surface area contributed by atoms with Gasteiger partial charge in [-0.1, -0.05) is 0 Å². The Balaban J connectivity index is 0. The molecule has 0 saturated carbocycles. The number of rotatable bonds is 9. The number of ether oxygens (including phenoxy) is 2. The first-order valence-corrected chi connectivity index (χ1v) is 5.71. The van der Waals surface area contributed by atoms with Crippen molar-refractivity contribution in [3.63, 3.8) is 0 Å². The Labute approximate surface area is 132 Å². The number of hydrogen-bond acceptors (Lipinski definition) is 7. The van der Waals surface area contributed by atoms with E-state index in [1.165, 1.54) is 0 Å². The van der Waals surface area contributed by atoms with E-state index in [0.717, 1.165) is 0 Å². The van der Waals surface area contributed by atoms with Crippen molar-refractivity contribution in [1.29, 1.82) is 0 Å². The second-order valence-electron chi connectivity index (χ2n) is 2.76. The van der Waals surface area contributed by atoms with Crippen molar-refractivity contribution in [3.05, 3.63) is 0 Å². The molecule has 106 valence electrons. The summed E-state index contributed by atoms with van der Waals surface area (Å²) >= 11 is -3.07. The SMILES string of the molecule is O=C(CC(OS(=O)[O-])C(=O)OCCF)OCCF.[Na+]. The van der Waals surface area contributed by atoms with E-state index in [9.17, 15) is 27.1 Å². The standard InChI is InChI=1S/C8H12F2O7S.Na/c9-1-3-15-7(11)5-6(17-18(13)14)8(12)16-4-2-10;/h6H,1-5H2,(H,13,14);/q;+1/p-1.